The van der Waals surface area contributed by atoms with E-state index in [1.165, 1.54) is 12.0 Å². The van der Waals surface area contributed by atoms with Crippen LogP contribution >= 0.6 is 0 Å². The molecule has 3 aromatic rings. The maximum absolute atomic E-state index is 13.5. The van der Waals surface area contributed by atoms with Crippen LogP contribution in [0, 0.1) is 0 Å². The normalized spacial score (nSPS) is 16.9. The number of benzene rings is 3. The lowest BCUT2D eigenvalue weighted by atomic mass is 9.84. The summed E-state index contributed by atoms with van der Waals surface area (Å²) in [6.07, 6.45) is -0.347. The van der Waals surface area contributed by atoms with Gasteiger partial charge in [0.2, 0.25) is 0 Å². The van der Waals surface area contributed by atoms with Crippen LogP contribution in [0.3, 0.4) is 0 Å². The van der Waals surface area contributed by atoms with E-state index in [1.54, 1.807) is 14.2 Å². The smallest absolute Gasteiger partial charge is 0.411 e. The third-order valence-electron chi connectivity index (χ3n) is 5.97. The summed E-state index contributed by atoms with van der Waals surface area (Å²) in [6.45, 7) is 0.0877. The molecular weight excluding hydrogens is 434 g/mol. The van der Waals surface area contributed by atoms with Crippen LogP contribution in [0.1, 0.15) is 28.3 Å². The molecule has 0 saturated carbocycles. The topological polar surface area (TPSA) is 74.3 Å². The van der Waals surface area contributed by atoms with Gasteiger partial charge in [-0.05, 0) is 34.4 Å². The first-order valence-corrected chi connectivity index (χ1v) is 10.9. The van der Waals surface area contributed by atoms with Crippen LogP contribution in [0.4, 0.5) is 4.79 Å². The van der Waals surface area contributed by atoms with Gasteiger partial charge in [-0.25, -0.2) is 9.59 Å². The molecule has 34 heavy (non-hydrogen) atoms. The van der Waals surface area contributed by atoms with Crippen molar-refractivity contribution >= 4 is 12.1 Å². The molecule has 0 N–H and O–H groups in total. The Morgan fingerprint density at radius 1 is 0.882 bits per heavy atom. The number of carbonyl (C=O) groups is 2. The van der Waals surface area contributed by atoms with E-state index in [4.69, 9.17) is 18.9 Å². The van der Waals surface area contributed by atoms with Gasteiger partial charge in [0.1, 0.15) is 12.6 Å². The van der Waals surface area contributed by atoms with Gasteiger partial charge in [-0.3, -0.25) is 4.90 Å². The van der Waals surface area contributed by atoms with E-state index in [0.717, 1.165) is 22.3 Å². The van der Waals surface area contributed by atoms with Gasteiger partial charge < -0.3 is 18.9 Å². The molecule has 1 aliphatic heterocycles. The largest absolute Gasteiger partial charge is 0.493 e. The highest BCUT2D eigenvalue weighted by Gasteiger charge is 2.44. The van der Waals surface area contributed by atoms with Crippen molar-refractivity contribution < 1.29 is 28.5 Å². The highest BCUT2D eigenvalue weighted by atomic mass is 16.6. The molecular formula is C27H27NO6. The molecule has 0 fully saturated rings. The van der Waals surface area contributed by atoms with Gasteiger partial charge in [-0.1, -0.05) is 60.7 Å². The summed E-state index contributed by atoms with van der Waals surface area (Å²) in [5.41, 5.74) is 3.39. The molecule has 1 heterocycles. The Morgan fingerprint density at radius 2 is 1.50 bits per heavy atom. The fraction of sp³-hybridized carbons (Fsp3) is 0.259. The molecule has 1 aliphatic rings. The van der Waals surface area contributed by atoms with Crippen LogP contribution in [0.25, 0.3) is 0 Å². The summed E-state index contributed by atoms with van der Waals surface area (Å²) in [4.78, 5) is 27.9. The number of amides is 1. The molecule has 7 nitrogen and oxygen atoms in total. The predicted molar refractivity (Wildman–Crippen MR) is 126 cm³/mol. The Morgan fingerprint density at radius 3 is 2.12 bits per heavy atom. The maximum Gasteiger partial charge on any atom is 0.411 e. The Bertz CT molecular complexity index is 1150. The molecule has 0 saturated heterocycles. The standard InChI is InChI=1S/C27H27NO6/c1-31-23-15-20-14-22(26(29)33-3)28(27(30)34-17-18-10-6-4-7-11-18)25(19-12-8-5-9-13-19)21(20)16-24(23)32-2/h4-13,15-16,22,25H,14,17H2,1-3H3/t22-,25-/m0/s1. The highest BCUT2D eigenvalue weighted by molar-refractivity contribution is 5.83. The van der Waals surface area contributed by atoms with E-state index in [1.807, 2.05) is 72.8 Å². The summed E-state index contributed by atoms with van der Waals surface area (Å²) in [5.74, 6) is 0.575. The summed E-state index contributed by atoms with van der Waals surface area (Å²) < 4.78 is 21.8. The van der Waals surface area contributed by atoms with Crippen molar-refractivity contribution in [3.05, 3.63) is 95.1 Å². The second-order valence-electron chi connectivity index (χ2n) is 7.91. The minimum atomic E-state index is -0.871. The van der Waals surface area contributed by atoms with Crippen molar-refractivity contribution in [2.75, 3.05) is 21.3 Å². The molecule has 2 atom stereocenters. The molecule has 0 spiro atoms. The number of hydrogen-bond donors (Lipinski definition) is 0. The fourth-order valence-electron chi connectivity index (χ4n) is 4.34. The molecule has 1 amide bonds. The molecule has 7 heteroatoms. The van der Waals surface area contributed by atoms with Gasteiger partial charge in [0.15, 0.2) is 11.5 Å². The van der Waals surface area contributed by atoms with Crippen LogP contribution in [0.2, 0.25) is 0 Å². The first-order chi connectivity index (χ1) is 16.6. The second kappa shape index (κ2) is 10.3. The fourth-order valence-corrected chi connectivity index (χ4v) is 4.34. The first-order valence-electron chi connectivity index (χ1n) is 10.9. The third kappa shape index (κ3) is 4.55. The number of methoxy groups -OCH3 is 3. The molecule has 0 bridgehead atoms. The Labute approximate surface area is 198 Å². The van der Waals surface area contributed by atoms with Gasteiger partial charge >= 0.3 is 12.1 Å². The van der Waals surface area contributed by atoms with Gasteiger partial charge in [-0.15, -0.1) is 0 Å². The quantitative estimate of drug-likeness (QED) is 0.502. The van der Waals surface area contributed by atoms with Crippen LogP contribution in [-0.2, 0) is 27.3 Å². The molecule has 0 unspecified atom stereocenters. The van der Waals surface area contributed by atoms with E-state index in [9.17, 15) is 9.59 Å². The Kier molecular flexibility index (Phi) is 7.01. The lowest BCUT2D eigenvalue weighted by molar-refractivity contribution is -0.147. The number of rotatable bonds is 6. The number of ether oxygens (including phenoxy) is 4. The number of hydrogen-bond acceptors (Lipinski definition) is 6. The van der Waals surface area contributed by atoms with Crippen molar-refractivity contribution in [3.8, 4) is 11.5 Å². The van der Waals surface area contributed by atoms with Crippen LogP contribution in [0.5, 0.6) is 11.5 Å². The summed E-state index contributed by atoms with van der Waals surface area (Å²) in [7, 11) is 4.44. The van der Waals surface area contributed by atoms with Crippen molar-refractivity contribution in [1.82, 2.24) is 4.90 Å². The van der Waals surface area contributed by atoms with Gasteiger partial charge in [-0.2, -0.15) is 0 Å². The molecule has 0 aromatic heterocycles. The summed E-state index contributed by atoms with van der Waals surface area (Å²) in [6, 6.07) is 21.2. The second-order valence-corrected chi connectivity index (χ2v) is 7.91. The zero-order chi connectivity index (χ0) is 24.1. The van der Waals surface area contributed by atoms with Crippen molar-refractivity contribution in [2.45, 2.75) is 25.1 Å². The number of nitrogens with zero attached hydrogens (tertiary/aromatic N) is 1. The minimum absolute atomic E-state index is 0.0877. The van der Waals surface area contributed by atoms with Crippen molar-refractivity contribution in [3.63, 3.8) is 0 Å². The van der Waals surface area contributed by atoms with Crippen LogP contribution in [-0.4, -0.2) is 44.3 Å². The number of esters is 1. The van der Waals surface area contributed by atoms with E-state index in [0.29, 0.717) is 11.5 Å². The lowest BCUT2D eigenvalue weighted by Gasteiger charge is -2.41. The zero-order valence-corrected chi connectivity index (χ0v) is 19.4. The van der Waals surface area contributed by atoms with Gasteiger partial charge in [0, 0.05) is 6.42 Å². The monoisotopic (exact) mass is 461 g/mol. The van der Waals surface area contributed by atoms with E-state index in [-0.39, 0.29) is 13.0 Å². The van der Waals surface area contributed by atoms with E-state index in [2.05, 4.69) is 0 Å². The van der Waals surface area contributed by atoms with Gasteiger partial charge in [0.25, 0.3) is 0 Å². The minimum Gasteiger partial charge on any atom is -0.493 e. The highest BCUT2D eigenvalue weighted by Crippen LogP contribution is 2.43. The molecule has 0 radical (unpaired) electrons. The Hall–Kier alpha value is -4.00. The third-order valence-corrected chi connectivity index (χ3v) is 5.97. The predicted octanol–water partition coefficient (Wildman–Crippen LogP) is 4.53. The van der Waals surface area contributed by atoms with Crippen LogP contribution in [0.15, 0.2) is 72.8 Å². The van der Waals surface area contributed by atoms with Crippen molar-refractivity contribution in [2.24, 2.45) is 0 Å². The van der Waals surface area contributed by atoms with E-state index >= 15 is 0 Å². The molecule has 0 aliphatic carbocycles. The van der Waals surface area contributed by atoms with Crippen LogP contribution < -0.4 is 9.47 Å². The summed E-state index contributed by atoms with van der Waals surface area (Å²) >= 11 is 0. The Balaban J connectivity index is 1.81. The maximum atomic E-state index is 13.5. The number of fused-ring (bicyclic) bond motifs is 1. The lowest BCUT2D eigenvalue weighted by Crippen LogP contribution is -2.52. The first kappa shape index (κ1) is 23.2. The van der Waals surface area contributed by atoms with Crippen molar-refractivity contribution in [1.29, 1.82) is 0 Å². The molecule has 4 rings (SSSR count). The molecule has 3 aromatic carbocycles. The SMILES string of the molecule is COC(=O)[C@@H]1Cc2cc(OC)c(OC)cc2[C@H](c2ccccc2)N1C(=O)OCc1ccccc1. The van der Waals surface area contributed by atoms with Gasteiger partial charge in [0.05, 0.1) is 27.4 Å². The average molecular weight is 462 g/mol. The number of carbonyl (C=O) groups excluding carboxylic acids is 2. The van der Waals surface area contributed by atoms with E-state index < -0.39 is 24.1 Å². The average Bonchev–Trinajstić information content (AvgIpc) is 2.90. The molecule has 176 valence electrons. The zero-order valence-electron chi connectivity index (χ0n) is 19.4. The summed E-state index contributed by atoms with van der Waals surface area (Å²) in [5, 5.41) is 0.